The molecule has 0 saturated heterocycles. The van der Waals surface area contributed by atoms with Crippen LogP contribution in [0.3, 0.4) is 0 Å². The predicted molar refractivity (Wildman–Crippen MR) is 128 cm³/mol. The van der Waals surface area contributed by atoms with E-state index in [-0.39, 0.29) is 0 Å². The van der Waals surface area contributed by atoms with Gasteiger partial charge in [-0.2, -0.15) is 0 Å². The molecular formula is C27H30N2. The quantitative estimate of drug-likeness (QED) is 0.412. The maximum Gasteiger partial charge on any atom is 0.0712 e. The van der Waals surface area contributed by atoms with E-state index in [2.05, 4.69) is 83.1 Å². The zero-order valence-electron chi connectivity index (χ0n) is 18.6. The van der Waals surface area contributed by atoms with Crippen LogP contribution >= 0.6 is 0 Å². The molecule has 3 rings (SSSR count). The number of hydrogen-bond donors (Lipinski definition) is 0. The minimum atomic E-state index is 0.932. The van der Waals surface area contributed by atoms with Gasteiger partial charge in [0.05, 0.1) is 22.8 Å². The molecule has 0 aliphatic rings. The molecule has 0 amide bonds. The normalized spacial score (nSPS) is 12.4. The highest BCUT2D eigenvalue weighted by Gasteiger charge is 2.09. The molecule has 0 atom stereocenters. The molecule has 0 aliphatic carbocycles. The molecule has 3 aromatic carbocycles. The summed E-state index contributed by atoms with van der Waals surface area (Å²) in [5.74, 6) is 0. The minimum Gasteiger partial charge on any atom is -0.251 e. The molecule has 0 unspecified atom stereocenters. The second kappa shape index (κ2) is 8.57. The first kappa shape index (κ1) is 20.7. The van der Waals surface area contributed by atoms with E-state index in [9.17, 15) is 0 Å². The summed E-state index contributed by atoms with van der Waals surface area (Å²) in [4.78, 5) is 9.87. The first-order chi connectivity index (χ1) is 13.8. The second-order valence-electron chi connectivity index (χ2n) is 7.98. The lowest BCUT2D eigenvalue weighted by molar-refractivity contribution is 1.28. The predicted octanol–water partition coefficient (Wildman–Crippen LogP) is 7.78. The average molecular weight is 383 g/mol. The van der Waals surface area contributed by atoms with Crippen molar-refractivity contribution in [2.45, 2.75) is 48.5 Å². The van der Waals surface area contributed by atoms with Gasteiger partial charge in [0, 0.05) is 5.56 Å². The molecule has 2 nitrogen and oxygen atoms in total. The third-order valence-corrected chi connectivity index (χ3v) is 5.30. The van der Waals surface area contributed by atoms with Crippen LogP contribution < -0.4 is 0 Å². The van der Waals surface area contributed by atoms with Crippen molar-refractivity contribution < 1.29 is 0 Å². The molecule has 0 bridgehead atoms. The molecule has 2 heteroatoms. The van der Waals surface area contributed by atoms with Crippen LogP contribution in [0.25, 0.3) is 11.1 Å². The fourth-order valence-corrected chi connectivity index (χ4v) is 3.77. The van der Waals surface area contributed by atoms with E-state index in [1.165, 1.54) is 33.4 Å². The Morgan fingerprint density at radius 3 is 1.83 bits per heavy atom. The van der Waals surface area contributed by atoms with E-state index >= 15 is 0 Å². The van der Waals surface area contributed by atoms with Crippen molar-refractivity contribution in [3.8, 4) is 11.1 Å². The zero-order chi connectivity index (χ0) is 21.1. The molecule has 148 valence electrons. The van der Waals surface area contributed by atoms with Crippen LogP contribution in [0.2, 0.25) is 0 Å². The highest BCUT2D eigenvalue weighted by molar-refractivity contribution is 6.41. The number of benzene rings is 3. The number of hydrogen-bond acceptors (Lipinski definition) is 2. The SMILES string of the molecule is CC(=Nc1ccccc1-c1ccc(C)cc1C)C(C)=Nc1c(C)cc(C)cc1C. The summed E-state index contributed by atoms with van der Waals surface area (Å²) >= 11 is 0. The molecule has 0 fully saturated rings. The number of nitrogens with zero attached hydrogens (tertiary/aromatic N) is 2. The van der Waals surface area contributed by atoms with Gasteiger partial charge < -0.3 is 0 Å². The Bertz CT molecular complexity index is 1090. The standard InChI is InChI=1S/C27H30N2/c1-17-12-13-24(19(3)14-17)25-10-8-9-11-26(25)28-22(6)23(7)29-27-20(4)15-18(2)16-21(27)5/h8-16H,1-7H3. The van der Waals surface area contributed by atoms with Gasteiger partial charge in [0.15, 0.2) is 0 Å². The van der Waals surface area contributed by atoms with Crippen LogP contribution in [-0.2, 0) is 0 Å². The van der Waals surface area contributed by atoms with Crippen molar-refractivity contribution in [3.63, 3.8) is 0 Å². The van der Waals surface area contributed by atoms with E-state index < -0.39 is 0 Å². The van der Waals surface area contributed by atoms with Gasteiger partial charge in [0.25, 0.3) is 0 Å². The van der Waals surface area contributed by atoms with Gasteiger partial charge in [0.1, 0.15) is 0 Å². The summed E-state index contributed by atoms with van der Waals surface area (Å²) in [6.07, 6.45) is 0. The van der Waals surface area contributed by atoms with Gasteiger partial charge in [-0.25, -0.2) is 0 Å². The van der Waals surface area contributed by atoms with Gasteiger partial charge in [0.2, 0.25) is 0 Å². The van der Waals surface area contributed by atoms with Crippen LogP contribution in [-0.4, -0.2) is 11.4 Å². The highest BCUT2D eigenvalue weighted by atomic mass is 14.8. The molecule has 0 spiro atoms. The zero-order valence-corrected chi connectivity index (χ0v) is 18.6. The van der Waals surface area contributed by atoms with E-state index in [0.29, 0.717) is 0 Å². The van der Waals surface area contributed by atoms with E-state index in [4.69, 9.17) is 9.98 Å². The van der Waals surface area contributed by atoms with Crippen LogP contribution in [0.1, 0.15) is 41.7 Å². The van der Waals surface area contributed by atoms with Gasteiger partial charge in [-0.1, -0.05) is 59.7 Å². The van der Waals surface area contributed by atoms with Crippen molar-refractivity contribution in [1.82, 2.24) is 0 Å². The summed E-state index contributed by atoms with van der Waals surface area (Å²) in [5, 5.41) is 0. The van der Waals surface area contributed by atoms with E-state index in [1.807, 2.05) is 19.9 Å². The molecule has 0 N–H and O–H groups in total. The van der Waals surface area contributed by atoms with Crippen LogP contribution in [0.4, 0.5) is 11.4 Å². The van der Waals surface area contributed by atoms with Crippen LogP contribution in [0, 0.1) is 34.6 Å². The summed E-state index contributed by atoms with van der Waals surface area (Å²) in [7, 11) is 0. The average Bonchev–Trinajstić information content (AvgIpc) is 2.65. The van der Waals surface area contributed by atoms with Crippen LogP contribution in [0.15, 0.2) is 64.6 Å². The number of rotatable bonds is 4. The monoisotopic (exact) mass is 382 g/mol. The smallest absolute Gasteiger partial charge is 0.0712 e. The van der Waals surface area contributed by atoms with Crippen molar-refractivity contribution in [2.75, 3.05) is 0 Å². The molecule has 3 aromatic rings. The Kier molecular flexibility index (Phi) is 6.12. The molecule has 0 radical (unpaired) electrons. The Hall–Kier alpha value is -3.00. The maximum atomic E-state index is 4.96. The van der Waals surface area contributed by atoms with Gasteiger partial charge in [-0.3, -0.25) is 9.98 Å². The summed E-state index contributed by atoms with van der Waals surface area (Å²) in [6.45, 7) is 14.7. The van der Waals surface area contributed by atoms with Crippen LogP contribution in [0.5, 0.6) is 0 Å². The molecular weight excluding hydrogens is 352 g/mol. The fraction of sp³-hybridized carbons (Fsp3) is 0.259. The lowest BCUT2D eigenvalue weighted by Crippen LogP contribution is -2.05. The van der Waals surface area contributed by atoms with Gasteiger partial charge in [-0.15, -0.1) is 0 Å². The topological polar surface area (TPSA) is 24.7 Å². The Labute approximate surface area is 175 Å². The Balaban J connectivity index is 2.03. The number of aliphatic imine (C=N–C) groups is 2. The first-order valence-electron chi connectivity index (χ1n) is 10.1. The molecule has 0 aromatic heterocycles. The van der Waals surface area contributed by atoms with E-state index in [0.717, 1.165) is 28.4 Å². The summed E-state index contributed by atoms with van der Waals surface area (Å²) in [6, 6.07) is 19.3. The molecule has 0 saturated carbocycles. The van der Waals surface area contributed by atoms with Crippen molar-refractivity contribution in [2.24, 2.45) is 9.98 Å². The van der Waals surface area contributed by atoms with Gasteiger partial charge >= 0.3 is 0 Å². The highest BCUT2D eigenvalue weighted by Crippen LogP contribution is 2.33. The lowest BCUT2D eigenvalue weighted by atomic mass is 9.97. The molecule has 0 aliphatic heterocycles. The minimum absolute atomic E-state index is 0.932. The molecule has 29 heavy (non-hydrogen) atoms. The first-order valence-corrected chi connectivity index (χ1v) is 10.1. The summed E-state index contributed by atoms with van der Waals surface area (Å²) < 4.78 is 0. The van der Waals surface area contributed by atoms with E-state index in [1.54, 1.807) is 0 Å². The fourth-order valence-electron chi connectivity index (χ4n) is 3.77. The molecule has 0 heterocycles. The Morgan fingerprint density at radius 1 is 0.586 bits per heavy atom. The second-order valence-corrected chi connectivity index (χ2v) is 7.98. The number of aryl methyl sites for hydroxylation is 5. The lowest BCUT2D eigenvalue weighted by Gasteiger charge is -2.12. The Morgan fingerprint density at radius 2 is 1.17 bits per heavy atom. The van der Waals surface area contributed by atoms with Gasteiger partial charge in [-0.05, 0) is 76.8 Å². The maximum absolute atomic E-state index is 4.96. The number of para-hydroxylation sites is 1. The largest absolute Gasteiger partial charge is 0.251 e. The van der Waals surface area contributed by atoms with Crippen molar-refractivity contribution in [3.05, 3.63) is 82.4 Å². The third kappa shape index (κ3) is 4.71. The third-order valence-electron chi connectivity index (χ3n) is 5.30. The van der Waals surface area contributed by atoms with Crippen molar-refractivity contribution in [1.29, 1.82) is 0 Å². The van der Waals surface area contributed by atoms with Crippen molar-refractivity contribution >= 4 is 22.8 Å². The summed E-state index contributed by atoms with van der Waals surface area (Å²) in [5.41, 5.74) is 12.5.